The Morgan fingerprint density at radius 1 is 1.60 bits per heavy atom. The third-order valence-corrected chi connectivity index (χ3v) is 2.99. The molecule has 0 amide bonds. The molecular formula is C11H16N2O2. The summed E-state index contributed by atoms with van der Waals surface area (Å²) in [6.07, 6.45) is 6.67. The van der Waals surface area contributed by atoms with Gasteiger partial charge >= 0.3 is 0 Å². The van der Waals surface area contributed by atoms with Gasteiger partial charge in [-0.05, 0) is 32.6 Å². The molecule has 1 heterocycles. The number of carbonyl (C=O) groups is 1. The van der Waals surface area contributed by atoms with Crippen molar-refractivity contribution >= 4 is 6.29 Å². The van der Waals surface area contributed by atoms with Crippen molar-refractivity contribution in [2.75, 3.05) is 6.61 Å². The zero-order valence-electron chi connectivity index (χ0n) is 8.95. The Labute approximate surface area is 89.0 Å². The van der Waals surface area contributed by atoms with E-state index in [4.69, 9.17) is 4.74 Å². The molecule has 0 bridgehead atoms. The second-order valence-corrected chi connectivity index (χ2v) is 3.94. The molecule has 0 radical (unpaired) electrons. The molecule has 15 heavy (non-hydrogen) atoms. The van der Waals surface area contributed by atoms with Crippen molar-refractivity contribution in [2.45, 2.75) is 38.2 Å². The maximum atomic E-state index is 10.6. The largest absolute Gasteiger partial charge is 0.367 e. The number of nitrogens with one attached hydrogen (secondary N) is 1. The Morgan fingerprint density at radius 3 is 2.87 bits per heavy atom. The Bertz CT molecular complexity index is 340. The third kappa shape index (κ3) is 1.81. The van der Waals surface area contributed by atoms with Gasteiger partial charge in [-0.15, -0.1) is 0 Å². The zero-order chi connectivity index (χ0) is 10.7. The van der Waals surface area contributed by atoms with E-state index in [-0.39, 0.29) is 5.60 Å². The lowest BCUT2D eigenvalue weighted by Gasteiger charge is -2.26. The molecule has 2 rings (SSSR count). The van der Waals surface area contributed by atoms with E-state index in [0.29, 0.717) is 12.3 Å². The van der Waals surface area contributed by atoms with Crippen LogP contribution in [0.4, 0.5) is 0 Å². The Kier molecular flexibility index (Phi) is 2.86. The van der Waals surface area contributed by atoms with Gasteiger partial charge in [0.1, 0.15) is 11.4 Å². The van der Waals surface area contributed by atoms with Gasteiger partial charge in [0.05, 0.1) is 11.9 Å². The first kappa shape index (κ1) is 10.4. The van der Waals surface area contributed by atoms with Gasteiger partial charge in [-0.25, -0.2) is 4.98 Å². The molecule has 1 aromatic heterocycles. The third-order valence-electron chi connectivity index (χ3n) is 2.99. The van der Waals surface area contributed by atoms with Crippen LogP contribution >= 0.6 is 0 Å². The minimum Gasteiger partial charge on any atom is -0.367 e. The van der Waals surface area contributed by atoms with E-state index in [9.17, 15) is 4.79 Å². The van der Waals surface area contributed by atoms with E-state index >= 15 is 0 Å². The lowest BCUT2D eigenvalue weighted by molar-refractivity contribution is -0.0451. The fourth-order valence-electron chi connectivity index (χ4n) is 2.30. The van der Waals surface area contributed by atoms with Crippen LogP contribution in [0.3, 0.4) is 0 Å². The molecule has 82 valence electrons. The predicted octanol–water partition coefficient (Wildman–Crippen LogP) is 2.03. The second-order valence-electron chi connectivity index (χ2n) is 3.94. The summed E-state index contributed by atoms with van der Waals surface area (Å²) in [6, 6.07) is 0. The Morgan fingerprint density at radius 2 is 2.33 bits per heavy atom. The molecule has 1 saturated carbocycles. The number of aromatic nitrogens is 2. The molecule has 0 unspecified atom stereocenters. The molecule has 4 nitrogen and oxygen atoms in total. The summed E-state index contributed by atoms with van der Waals surface area (Å²) in [5.74, 6) is 0.809. The lowest BCUT2D eigenvalue weighted by atomic mass is 10.0. The highest BCUT2D eigenvalue weighted by atomic mass is 16.5. The van der Waals surface area contributed by atoms with Crippen LogP contribution in [0.2, 0.25) is 0 Å². The molecule has 1 fully saturated rings. The summed E-state index contributed by atoms with van der Waals surface area (Å²) in [5, 5.41) is 0. The number of aromatic amines is 1. The number of H-pyrrole nitrogens is 1. The van der Waals surface area contributed by atoms with E-state index < -0.39 is 0 Å². The molecule has 4 heteroatoms. The van der Waals surface area contributed by atoms with Crippen LogP contribution in [-0.2, 0) is 10.3 Å². The van der Waals surface area contributed by atoms with Gasteiger partial charge in [0.2, 0.25) is 0 Å². The van der Waals surface area contributed by atoms with Crippen LogP contribution in [0.1, 0.15) is 48.9 Å². The molecule has 0 atom stereocenters. The summed E-state index contributed by atoms with van der Waals surface area (Å²) in [4.78, 5) is 17.9. The van der Waals surface area contributed by atoms with Crippen LogP contribution in [0.15, 0.2) is 6.20 Å². The van der Waals surface area contributed by atoms with Crippen molar-refractivity contribution in [3.05, 3.63) is 17.7 Å². The van der Waals surface area contributed by atoms with E-state index in [1.807, 2.05) is 6.92 Å². The van der Waals surface area contributed by atoms with E-state index in [0.717, 1.165) is 37.8 Å². The molecule has 0 aromatic carbocycles. The van der Waals surface area contributed by atoms with Gasteiger partial charge < -0.3 is 9.72 Å². The fourth-order valence-corrected chi connectivity index (χ4v) is 2.30. The molecule has 0 spiro atoms. The highest BCUT2D eigenvalue weighted by Crippen LogP contribution is 2.40. The molecule has 1 aromatic rings. The van der Waals surface area contributed by atoms with E-state index in [1.54, 1.807) is 6.20 Å². The molecule has 1 aliphatic carbocycles. The van der Waals surface area contributed by atoms with E-state index in [2.05, 4.69) is 9.97 Å². The van der Waals surface area contributed by atoms with Gasteiger partial charge in [-0.2, -0.15) is 0 Å². The fraction of sp³-hybridized carbons (Fsp3) is 0.636. The first-order chi connectivity index (χ1) is 7.30. The Balaban J connectivity index is 2.27. The van der Waals surface area contributed by atoms with E-state index in [1.165, 1.54) is 0 Å². The summed E-state index contributed by atoms with van der Waals surface area (Å²) >= 11 is 0. The number of ether oxygens (including phenoxy) is 1. The van der Waals surface area contributed by atoms with Crippen molar-refractivity contribution in [1.82, 2.24) is 9.97 Å². The van der Waals surface area contributed by atoms with Crippen molar-refractivity contribution in [2.24, 2.45) is 0 Å². The van der Waals surface area contributed by atoms with Gasteiger partial charge in [0.15, 0.2) is 6.29 Å². The molecule has 0 aliphatic heterocycles. The first-order valence-corrected chi connectivity index (χ1v) is 5.45. The van der Waals surface area contributed by atoms with Crippen molar-refractivity contribution < 1.29 is 9.53 Å². The number of imidazole rings is 1. The maximum Gasteiger partial charge on any atom is 0.167 e. The second kappa shape index (κ2) is 4.14. The smallest absolute Gasteiger partial charge is 0.167 e. The number of hydrogen-bond donors (Lipinski definition) is 1. The predicted molar refractivity (Wildman–Crippen MR) is 55.7 cm³/mol. The number of carbonyl (C=O) groups excluding carboxylic acids is 1. The van der Waals surface area contributed by atoms with Gasteiger partial charge in [0, 0.05) is 6.61 Å². The zero-order valence-corrected chi connectivity index (χ0v) is 8.95. The summed E-state index contributed by atoms with van der Waals surface area (Å²) < 4.78 is 5.82. The number of aldehydes is 1. The molecule has 0 saturated heterocycles. The number of rotatable bonds is 4. The SMILES string of the molecule is CCOC1(c2ncc(C=O)[nH]2)CCCC1. The topological polar surface area (TPSA) is 55.0 Å². The van der Waals surface area contributed by atoms with Crippen LogP contribution < -0.4 is 0 Å². The summed E-state index contributed by atoms with van der Waals surface area (Å²) in [6.45, 7) is 2.67. The van der Waals surface area contributed by atoms with Crippen LogP contribution in [0, 0.1) is 0 Å². The maximum absolute atomic E-state index is 10.6. The van der Waals surface area contributed by atoms with Crippen molar-refractivity contribution in [3.63, 3.8) is 0 Å². The monoisotopic (exact) mass is 208 g/mol. The average molecular weight is 208 g/mol. The molecule has 1 N–H and O–H groups in total. The van der Waals surface area contributed by atoms with Gasteiger partial charge in [0.25, 0.3) is 0 Å². The first-order valence-electron chi connectivity index (χ1n) is 5.45. The van der Waals surface area contributed by atoms with Crippen molar-refractivity contribution in [3.8, 4) is 0 Å². The lowest BCUT2D eigenvalue weighted by Crippen LogP contribution is -2.27. The summed E-state index contributed by atoms with van der Waals surface area (Å²) in [5.41, 5.74) is 0.256. The number of nitrogens with zero attached hydrogens (tertiary/aromatic N) is 1. The summed E-state index contributed by atoms with van der Waals surface area (Å²) in [7, 11) is 0. The van der Waals surface area contributed by atoms with Crippen molar-refractivity contribution in [1.29, 1.82) is 0 Å². The molecule has 1 aliphatic rings. The molecular weight excluding hydrogens is 192 g/mol. The highest BCUT2D eigenvalue weighted by molar-refractivity contribution is 5.71. The highest BCUT2D eigenvalue weighted by Gasteiger charge is 2.38. The van der Waals surface area contributed by atoms with Crippen LogP contribution in [0.5, 0.6) is 0 Å². The van der Waals surface area contributed by atoms with Gasteiger partial charge in [-0.1, -0.05) is 0 Å². The van der Waals surface area contributed by atoms with Crippen LogP contribution in [-0.4, -0.2) is 22.9 Å². The number of hydrogen-bond acceptors (Lipinski definition) is 3. The minimum atomic E-state index is -0.268. The van der Waals surface area contributed by atoms with Gasteiger partial charge in [-0.3, -0.25) is 4.79 Å². The Hall–Kier alpha value is -1.16. The quantitative estimate of drug-likeness (QED) is 0.770. The average Bonchev–Trinajstić information content (AvgIpc) is 2.85. The van der Waals surface area contributed by atoms with Crippen LogP contribution in [0.25, 0.3) is 0 Å². The standard InChI is InChI=1S/C11H16N2O2/c1-2-15-11(5-3-4-6-11)10-12-7-9(8-14)13-10/h7-8H,2-6H2,1H3,(H,12,13). The normalized spacial score (nSPS) is 19.3. The minimum absolute atomic E-state index is 0.268.